The maximum absolute atomic E-state index is 12.7. The molecule has 5 rings (SSSR count). The van der Waals surface area contributed by atoms with Gasteiger partial charge in [-0.25, -0.2) is 24.5 Å². The highest BCUT2D eigenvalue weighted by Crippen LogP contribution is 2.27. The molecule has 3 aromatic rings. The molecule has 0 spiro atoms. The number of amidine groups is 1. The van der Waals surface area contributed by atoms with Crippen LogP contribution >= 0.6 is 0 Å². The molecule has 0 radical (unpaired) electrons. The largest absolute Gasteiger partial charge is 0.444 e. The minimum atomic E-state index is -0.578. The topological polar surface area (TPSA) is 147 Å². The average Bonchev–Trinajstić information content (AvgIpc) is 3.72. The third-order valence-electron chi connectivity index (χ3n) is 7.24. The number of aromatic amines is 1. The first kappa shape index (κ1) is 31.0. The van der Waals surface area contributed by atoms with Crippen LogP contribution in [0.25, 0.3) is 22.6 Å². The number of imidazole rings is 1. The number of carbonyl (C=O) groups is 2. The number of aromatic nitrogens is 4. The van der Waals surface area contributed by atoms with Gasteiger partial charge < -0.3 is 25.1 Å². The number of aliphatic imine (C=N–C) groups is 1. The van der Waals surface area contributed by atoms with Gasteiger partial charge in [-0.15, -0.1) is 0 Å². The first-order chi connectivity index (χ1) is 20.8. The van der Waals surface area contributed by atoms with E-state index in [4.69, 9.17) is 14.5 Å². The van der Waals surface area contributed by atoms with Crippen molar-refractivity contribution < 1.29 is 19.1 Å². The summed E-state index contributed by atoms with van der Waals surface area (Å²) in [6.45, 7) is 14.2. The number of rotatable bonds is 6. The molecule has 1 aromatic carbocycles. The number of nitrogens with zero attached hydrogens (tertiary/aromatic N) is 5. The molecule has 2 aromatic heterocycles. The minimum absolute atomic E-state index is 0.0326. The molecule has 0 aliphatic carbocycles. The second kappa shape index (κ2) is 12.3. The van der Waals surface area contributed by atoms with Gasteiger partial charge in [-0.05, 0) is 66.9 Å². The molecule has 12 nitrogen and oxygen atoms in total. The molecule has 4 heterocycles. The van der Waals surface area contributed by atoms with Crippen LogP contribution in [0, 0.1) is 0 Å². The quantitative estimate of drug-likeness (QED) is 0.332. The molecule has 2 amide bonds. The molecule has 0 saturated carbocycles. The van der Waals surface area contributed by atoms with E-state index in [0.29, 0.717) is 24.7 Å². The fourth-order valence-corrected chi connectivity index (χ4v) is 5.18. The van der Waals surface area contributed by atoms with E-state index in [1.807, 2.05) is 60.6 Å². The Morgan fingerprint density at radius 3 is 2.30 bits per heavy atom. The van der Waals surface area contributed by atoms with Gasteiger partial charge >= 0.3 is 12.2 Å². The number of ether oxygens (including phenoxy) is 2. The first-order valence-corrected chi connectivity index (χ1v) is 15.0. The van der Waals surface area contributed by atoms with Gasteiger partial charge in [0.25, 0.3) is 0 Å². The number of carbonyl (C=O) groups excluding carboxylic acids is 2. The van der Waals surface area contributed by atoms with Crippen molar-refractivity contribution in [3.8, 4) is 22.6 Å². The van der Waals surface area contributed by atoms with Gasteiger partial charge in [0.2, 0.25) is 0 Å². The summed E-state index contributed by atoms with van der Waals surface area (Å²) in [5.74, 6) is 2.05. The Morgan fingerprint density at radius 2 is 1.64 bits per heavy atom. The fraction of sp³-hybridized carbons (Fsp3) is 0.500. The van der Waals surface area contributed by atoms with Crippen LogP contribution in [0.2, 0.25) is 0 Å². The number of H-pyrrole nitrogens is 1. The predicted molar refractivity (Wildman–Crippen MR) is 167 cm³/mol. The van der Waals surface area contributed by atoms with Crippen molar-refractivity contribution in [2.75, 3.05) is 13.1 Å². The highest BCUT2D eigenvalue weighted by Gasteiger charge is 2.37. The second-order valence-electron chi connectivity index (χ2n) is 13.2. The number of hydrogen-bond donors (Lipinski definition) is 3. The zero-order chi connectivity index (χ0) is 31.6. The molecule has 3 N–H and O–H groups in total. The van der Waals surface area contributed by atoms with Crippen LogP contribution < -0.4 is 10.6 Å². The summed E-state index contributed by atoms with van der Waals surface area (Å²) in [5.41, 5.74) is 2.41. The van der Waals surface area contributed by atoms with E-state index in [0.717, 1.165) is 41.1 Å². The van der Waals surface area contributed by atoms with Gasteiger partial charge in [-0.1, -0.05) is 24.3 Å². The smallest absolute Gasteiger partial charge is 0.410 e. The van der Waals surface area contributed by atoms with Gasteiger partial charge in [-0.3, -0.25) is 9.89 Å². The zero-order valence-corrected chi connectivity index (χ0v) is 26.5. The van der Waals surface area contributed by atoms with E-state index in [-0.39, 0.29) is 24.2 Å². The Labute approximate surface area is 258 Å². The maximum atomic E-state index is 12.7. The van der Waals surface area contributed by atoms with Crippen molar-refractivity contribution in [3.63, 3.8) is 0 Å². The van der Waals surface area contributed by atoms with E-state index in [9.17, 15) is 9.59 Å². The monoisotopic (exact) mass is 602 g/mol. The molecule has 1 unspecified atom stereocenters. The predicted octanol–water partition coefficient (Wildman–Crippen LogP) is 5.56. The van der Waals surface area contributed by atoms with Crippen LogP contribution in [0.4, 0.5) is 9.59 Å². The van der Waals surface area contributed by atoms with Gasteiger partial charge in [-0.2, -0.15) is 0 Å². The minimum Gasteiger partial charge on any atom is -0.444 e. The maximum Gasteiger partial charge on any atom is 0.410 e. The molecular formula is C32H42N8O4. The third kappa shape index (κ3) is 7.53. The van der Waals surface area contributed by atoms with Crippen LogP contribution in [-0.4, -0.2) is 73.2 Å². The van der Waals surface area contributed by atoms with E-state index >= 15 is 0 Å². The van der Waals surface area contributed by atoms with Crippen LogP contribution in [0.5, 0.6) is 0 Å². The molecule has 0 bridgehead atoms. The summed E-state index contributed by atoms with van der Waals surface area (Å²) in [4.78, 5) is 48.2. The van der Waals surface area contributed by atoms with Crippen molar-refractivity contribution >= 4 is 18.0 Å². The first-order valence-electron chi connectivity index (χ1n) is 15.0. The van der Waals surface area contributed by atoms with Gasteiger partial charge in [0.1, 0.15) is 22.9 Å². The number of benzene rings is 1. The standard InChI is InChI=1S/C32H42N8O4/c1-19(37-29(41)43-31(2,3)4)26-35-18-24(38-26)22-15-33-27(34-16-22)21-12-10-20(11-13-21)23-17-36-28(39-23)25-9-8-14-40(25)30(42)44-32(5,6)7/h10-13,15-16,18-19,23,25H,8-9,14,17H2,1-7H3,(H,35,38)(H,36,39)(H,37,41)/t19-,23?,25-/m0/s1. The summed E-state index contributed by atoms with van der Waals surface area (Å²) in [6, 6.07) is 7.71. The lowest BCUT2D eigenvalue weighted by atomic mass is 10.0. The molecule has 44 heavy (non-hydrogen) atoms. The molecule has 2 aliphatic rings. The van der Waals surface area contributed by atoms with E-state index in [2.05, 4.69) is 42.7 Å². The third-order valence-corrected chi connectivity index (χ3v) is 7.24. The van der Waals surface area contributed by atoms with Crippen molar-refractivity contribution in [1.29, 1.82) is 0 Å². The van der Waals surface area contributed by atoms with E-state index < -0.39 is 17.3 Å². The number of hydrogen-bond acceptors (Lipinski definition) is 9. The summed E-state index contributed by atoms with van der Waals surface area (Å²) in [7, 11) is 0. The molecule has 2 aliphatic heterocycles. The van der Waals surface area contributed by atoms with Crippen molar-refractivity contribution in [1.82, 2.24) is 35.5 Å². The number of alkyl carbamates (subject to hydrolysis) is 1. The molecule has 3 atom stereocenters. The van der Waals surface area contributed by atoms with Crippen LogP contribution in [0.3, 0.4) is 0 Å². The Balaban J connectivity index is 1.18. The van der Waals surface area contributed by atoms with Crippen LogP contribution in [0.1, 0.15) is 84.8 Å². The van der Waals surface area contributed by atoms with Gasteiger partial charge in [0.05, 0.1) is 36.6 Å². The Hall–Kier alpha value is -4.48. The van der Waals surface area contributed by atoms with Crippen molar-refractivity contribution in [2.24, 2.45) is 4.99 Å². The van der Waals surface area contributed by atoms with Crippen LogP contribution in [-0.2, 0) is 9.47 Å². The SMILES string of the molecule is C[C@H](NC(=O)OC(C)(C)C)c1ncc(-c2cnc(-c3ccc(C4CN=C([C@@H]5CCCN5C(=O)OC(C)(C)C)N4)cc3)nc2)[nH]1. The number of nitrogens with one attached hydrogen (secondary N) is 3. The summed E-state index contributed by atoms with van der Waals surface area (Å²) in [6.07, 6.45) is 6.18. The highest BCUT2D eigenvalue weighted by atomic mass is 16.6. The molecular weight excluding hydrogens is 560 g/mol. The van der Waals surface area contributed by atoms with Crippen molar-refractivity contribution in [2.45, 2.75) is 90.6 Å². The molecule has 1 saturated heterocycles. The summed E-state index contributed by atoms with van der Waals surface area (Å²) < 4.78 is 10.9. The Kier molecular flexibility index (Phi) is 8.62. The second-order valence-corrected chi connectivity index (χ2v) is 13.2. The van der Waals surface area contributed by atoms with Crippen LogP contribution in [0.15, 0.2) is 47.8 Å². The number of amides is 2. The van der Waals surface area contributed by atoms with E-state index in [1.165, 1.54) is 0 Å². The molecule has 1 fully saturated rings. The fourth-order valence-electron chi connectivity index (χ4n) is 5.18. The van der Waals surface area contributed by atoms with Gasteiger partial charge in [0, 0.05) is 30.1 Å². The van der Waals surface area contributed by atoms with E-state index in [1.54, 1.807) is 23.5 Å². The Bertz CT molecular complexity index is 1500. The van der Waals surface area contributed by atoms with Crippen molar-refractivity contribution in [3.05, 3.63) is 54.2 Å². The average molecular weight is 603 g/mol. The summed E-state index contributed by atoms with van der Waals surface area (Å²) in [5, 5.41) is 6.33. The normalized spacial score (nSPS) is 19.2. The lowest BCUT2D eigenvalue weighted by Gasteiger charge is -2.29. The zero-order valence-electron chi connectivity index (χ0n) is 26.5. The summed E-state index contributed by atoms with van der Waals surface area (Å²) >= 11 is 0. The van der Waals surface area contributed by atoms with Gasteiger partial charge in [0.15, 0.2) is 5.82 Å². The molecule has 234 valence electrons. The molecule has 12 heteroatoms. The highest BCUT2D eigenvalue weighted by molar-refractivity contribution is 5.92. The Morgan fingerprint density at radius 1 is 0.955 bits per heavy atom. The number of likely N-dealkylation sites (tertiary alicyclic amines) is 1. The lowest BCUT2D eigenvalue weighted by Crippen LogP contribution is -2.46. The lowest BCUT2D eigenvalue weighted by molar-refractivity contribution is 0.0264.